The first-order valence-corrected chi connectivity index (χ1v) is 6.65. The van der Waals surface area contributed by atoms with Crippen molar-refractivity contribution in [3.8, 4) is 0 Å². The number of hydrogen-bond acceptors (Lipinski definition) is 1. The number of benzene rings is 1. The van der Waals surface area contributed by atoms with Crippen molar-refractivity contribution in [2.75, 3.05) is 19.6 Å². The van der Waals surface area contributed by atoms with Crippen LogP contribution < -0.4 is 0 Å². The molecular formula is C15H27NO. The molecule has 1 rings (SSSR count). The van der Waals surface area contributed by atoms with Gasteiger partial charge in [-0.05, 0) is 19.8 Å². The van der Waals surface area contributed by atoms with Crippen LogP contribution in [0.3, 0.4) is 0 Å². The van der Waals surface area contributed by atoms with E-state index in [0.717, 1.165) is 0 Å². The Kier molecular flexibility index (Phi) is 7.85. The molecule has 0 radical (unpaired) electrons. The Balaban J connectivity index is 0.00000256. The van der Waals surface area contributed by atoms with Crippen LogP contribution in [-0.4, -0.2) is 29.6 Å². The fraction of sp³-hybridized carbons (Fsp3) is 0.600. The zero-order chi connectivity index (χ0) is 11.9. The molecule has 0 saturated carbocycles. The number of rotatable bonds is 7. The van der Waals surface area contributed by atoms with Gasteiger partial charge in [0.25, 0.3) is 0 Å². The largest absolute Gasteiger partial charge is 0.870 e. The van der Waals surface area contributed by atoms with Gasteiger partial charge in [-0.25, -0.2) is 0 Å². The molecule has 0 aliphatic rings. The molecule has 0 amide bonds. The number of hydrogen-bond donors (Lipinski definition) is 0. The van der Waals surface area contributed by atoms with Crippen LogP contribution in [0.2, 0.25) is 0 Å². The van der Waals surface area contributed by atoms with E-state index in [9.17, 15) is 0 Å². The summed E-state index contributed by atoms with van der Waals surface area (Å²) in [6.45, 7) is 12.0. The van der Waals surface area contributed by atoms with Crippen molar-refractivity contribution in [1.82, 2.24) is 0 Å². The van der Waals surface area contributed by atoms with Crippen molar-refractivity contribution in [3.63, 3.8) is 0 Å². The number of quaternary nitrogens is 1. The Morgan fingerprint density at radius 3 is 1.82 bits per heavy atom. The third-order valence-electron chi connectivity index (χ3n) is 3.43. The molecule has 98 valence electrons. The molecule has 0 heterocycles. The lowest BCUT2D eigenvalue weighted by molar-refractivity contribution is -0.939. The van der Waals surface area contributed by atoms with E-state index in [4.69, 9.17) is 0 Å². The minimum Gasteiger partial charge on any atom is -0.870 e. The maximum Gasteiger partial charge on any atom is 0.104 e. The topological polar surface area (TPSA) is 30.0 Å². The molecule has 0 aliphatic carbocycles. The normalized spacial score (nSPS) is 11.0. The zero-order valence-corrected chi connectivity index (χ0v) is 11.5. The molecule has 17 heavy (non-hydrogen) atoms. The van der Waals surface area contributed by atoms with Gasteiger partial charge in [0.1, 0.15) is 6.54 Å². The van der Waals surface area contributed by atoms with Gasteiger partial charge >= 0.3 is 0 Å². The van der Waals surface area contributed by atoms with E-state index in [1.165, 1.54) is 49.1 Å². The molecule has 0 atom stereocenters. The lowest BCUT2D eigenvalue weighted by atomic mass is 10.1. The van der Waals surface area contributed by atoms with Crippen LogP contribution in [0.1, 0.15) is 39.2 Å². The van der Waals surface area contributed by atoms with E-state index in [1.807, 2.05) is 0 Å². The maximum atomic E-state index is 2.33. The van der Waals surface area contributed by atoms with Crippen LogP contribution in [0, 0.1) is 0 Å². The number of nitrogens with zero attached hydrogens (tertiary/aromatic N) is 1. The standard InChI is InChI=1S/C15H26N.H2O/c1-4-12-16(6-3,13-5-2)14-15-10-8-7-9-11-15;/h7-11H,4-6,12-14H2,1-3H3;1H2/q+1;/p-1. The highest BCUT2D eigenvalue weighted by molar-refractivity contribution is 5.13. The second-order valence-corrected chi connectivity index (χ2v) is 4.75. The van der Waals surface area contributed by atoms with Crippen molar-refractivity contribution in [2.45, 2.75) is 40.2 Å². The fourth-order valence-electron chi connectivity index (χ4n) is 2.62. The summed E-state index contributed by atoms with van der Waals surface area (Å²) in [5.41, 5.74) is 1.48. The minimum atomic E-state index is 0. The van der Waals surface area contributed by atoms with Gasteiger partial charge in [0.05, 0.1) is 19.6 Å². The van der Waals surface area contributed by atoms with Crippen molar-refractivity contribution < 1.29 is 9.96 Å². The third-order valence-corrected chi connectivity index (χ3v) is 3.43. The quantitative estimate of drug-likeness (QED) is 0.665. The van der Waals surface area contributed by atoms with Crippen molar-refractivity contribution in [3.05, 3.63) is 35.9 Å². The minimum absolute atomic E-state index is 0. The first kappa shape index (κ1) is 16.1. The van der Waals surface area contributed by atoms with E-state index >= 15 is 0 Å². The van der Waals surface area contributed by atoms with E-state index in [1.54, 1.807) is 0 Å². The average Bonchev–Trinajstić information content (AvgIpc) is 2.31. The summed E-state index contributed by atoms with van der Waals surface area (Å²) in [5.74, 6) is 0. The van der Waals surface area contributed by atoms with Crippen LogP contribution in [0.5, 0.6) is 0 Å². The second kappa shape index (κ2) is 8.26. The Morgan fingerprint density at radius 1 is 0.882 bits per heavy atom. The van der Waals surface area contributed by atoms with Crippen LogP contribution in [-0.2, 0) is 6.54 Å². The molecule has 0 fully saturated rings. The summed E-state index contributed by atoms with van der Waals surface area (Å²) < 4.78 is 1.25. The molecule has 0 spiro atoms. The Morgan fingerprint density at radius 2 is 1.41 bits per heavy atom. The molecule has 1 aromatic rings. The van der Waals surface area contributed by atoms with Crippen LogP contribution in [0.15, 0.2) is 30.3 Å². The Hall–Kier alpha value is -0.860. The first-order valence-electron chi connectivity index (χ1n) is 6.65. The summed E-state index contributed by atoms with van der Waals surface area (Å²) in [6.07, 6.45) is 2.56. The molecule has 1 N–H and O–H groups in total. The highest BCUT2D eigenvalue weighted by Crippen LogP contribution is 2.16. The molecule has 0 aromatic heterocycles. The second-order valence-electron chi connectivity index (χ2n) is 4.75. The monoisotopic (exact) mass is 237 g/mol. The van der Waals surface area contributed by atoms with E-state index in [-0.39, 0.29) is 5.48 Å². The Labute approximate surface area is 106 Å². The van der Waals surface area contributed by atoms with Crippen LogP contribution in [0.25, 0.3) is 0 Å². The van der Waals surface area contributed by atoms with Crippen molar-refractivity contribution in [1.29, 1.82) is 0 Å². The van der Waals surface area contributed by atoms with Crippen molar-refractivity contribution >= 4 is 0 Å². The summed E-state index contributed by atoms with van der Waals surface area (Å²) in [5, 5.41) is 0. The fourth-order valence-corrected chi connectivity index (χ4v) is 2.62. The molecule has 2 heteroatoms. The highest BCUT2D eigenvalue weighted by atomic mass is 16.0. The van der Waals surface area contributed by atoms with Gasteiger partial charge in [-0.15, -0.1) is 0 Å². The first-order chi connectivity index (χ1) is 7.76. The lowest BCUT2D eigenvalue weighted by Gasteiger charge is -2.37. The molecular weight excluding hydrogens is 210 g/mol. The van der Waals surface area contributed by atoms with Gasteiger partial charge in [0, 0.05) is 5.56 Å². The molecule has 0 saturated heterocycles. The van der Waals surface area contributed by atoms with Crippen molar-refractivity contribution in [2.24, 2.45) is 0 Å². The van der Waals surface area contributed by atoms with E-state index in [2.05, 4.69) is 51.1 Å². The van der Waals surface area contributed by atoms with Gasteiger partial charge in [0.2, 0.25) is 0 Å². The highest BCUT2D eigenvalue weighted by Gasteiger charge is 2.23. The van der Waals surface area contributed by atoms with Gasteiger partial charge in [-0.3, -0.25) is 0 Å². The van der Waals surface area contributed by atoms with Crippen LogP contribution >= 0.6 is 0 Å². The third kappa shape index (κ3) is 4.88. The van der Waals surface area contributed by atoms with Gasteiger partial charge < -0.3 is 9.96 Å². The Bertz CT molecular complexity index is 278. The lowest BCUT2D eigenvalue weighted by Crippen LogP contribution is -2.48. The summed E-state index contributed by atoms with van der Waals surface area (Å²) >= 11 is 0. The van der Waals surface area contributed by atoms with E-state index < -0.39 is 0 Å². The van der Waals surface area contributed by atoms with Gasteiger partial charge in [-0.1, -0.05) is 44.2 Å². The zero-order valence-electron chi connectivity index (χ0n) is 11.5. The molecule has 0 aliphatic heterocycles. The molecule has 0 bridgehead atoms. The predicted octanol–water partition coefficient (Wildman–Crippen LogP) is 3.67. The summed E-state index contributed by atoms with van der Waals surface area (Å²) in [4.78, 5) is 0. The average molecular weight is 237 g/mol. The SMILES string of the molecule is CCC[N+](CC)(CCC)Cc1ccccc1.[OH-]. The van der Waals surface area contributed by atoms with Gasteiger partial charge in [0.15, 0.2) is 0 Å². The molecule has 2 nitrogen and oxygen atoms in total. The van der Waals surface area contributed by atoms with Crippen LogP contribution in [0.4, 0.5) is 0 Å². The summed E-state index contributed by atoms with van der Waals surface area (Å²) in [6, 6.07) is 10.9. The van der Waals surface area contributed by atoms with Gasteiger partial charge in [-0.2, -0.15) is 0 Å². The molecule has 0 unspecified atom stereocenters. The predicted molar refractivity (Wildman–Crippen MR) is 73.2 cm³/mol. The molecule has 1 aromatic carbocycles. The smallest absolute Gasteiger partial charge is 0.104 e. The summed E-state index contributed by atoms with van der Waals surface area (Å²) in [7, 11) is 0. The maximum absolute atomic E-state index is 2.33. The van der Waals surface area contributed by atoms with E-state index in [0.29, 0.717) is 0 Å².